The number of halogens is 3. The number of alkyl halides is 1. The highest BCUT2D eigenvalue weighted by Crippen LogP contribution is 2.34. The maximum absolute atomic E-state index is 6.64. The first kappa shape index (κ1) is 14.7. The first-order chi connectivity index (χ1) is 9.65. The number of aryl methyl sites for hydroxylation is 2. The van der Waals surface area contributed by atoms with Crippen LogP contribution in [0.4, 0.5) is 0 Å². The molecule has 1 unspecified atom stereocenters. The number of hydrogen-bond donors (Lipinski definition) is 0. The first-order valence-electron chi connectivity index (χ1n) is 6.86. The van der Waals surface area contributed by atoms with Gasteiger partial charge in [0.25, 0.3) is 0 Å². The van der Waals surface area contributed by atoms with Crippen LogP contribution in [0.2, 0.25) is 5.02 Å². The highest BCUT2D eigenvalue weighted by Gasteiger charge is 2.15. The molecule has 0 N–H and O–H groups in total. The second-order valence-electron chi connectivity index (χ2n) is 5.27. The molecule has 0 spiro atoms. The summed E-state index contributed by atoms with van der Waals surface area (Å²) in [6, 6.07) is 12.7. The number of hydrogen-bond acceptors (Lipinski definition) is 0. The molecule has 20 heavy (non-hydrogen) atoms. The zero-order valence-corrected chi connectivity index (χ0v) is 14.7. The number of fused-ring (bicyclic) bond motifs is 1. The molecule has 0 aromatic heterocycles. The summed E-state index contributed by atoms with van der Waals surface area (Å²) in [7, 11) is 0. The Labute approximate surface area is 143 Å². The van der Waals surface area contributed by atoms with Gasteiger partial charge in [0.2, 0.25) is 0 Å². The van der Waals surface area contributed by atoms with Crippen LogP contribution in [0, 0.1) is 3.57 Å². The standard InChI is InChI=1S/C17H15Cl2I/c18-15-10-14(7-8-16(15)20)17(19)13-6-5-11-3-1-2-4-12(11)9-13/h5-10,17H,1-4H2. The summed E-state index contributed by atoms with van der Waals surface area (Å²) in [6.07, 6.45) is 4.99. The van der Waals surface area contributed by atoms with Gasteiger partial charge in [0.1, 0.15) is 0 Å². The Bertz CT molecular complexity index is 637. The second kappa shape index (κ2) is 6.25. The van der Waals surface area contributed by atoms with Crippen LogP contribution in [0.3, 0.4) is 0 Å². The lowest BCUT2D eigenvalue weighted by molar-refractivity contribution is 0.684. The molecule has 0 aliphatic heterocycles. The van der Waals surface area contributed by atoms with Crippen LogP contribution >= 0.6 is 45.8 Å². The maximum atomic E-state index is 6.64. The highest BCUT2D eigenvalue weighted by molar-refractivity contribution is 14.1. The van der Waals surface area contributed by atoms with E-state index >= 15 is 0 Å². The summed E-state index contributed by atoms with van der Waals surface area (Å²) in [5, 5.41) is 0.642. The minimum absolute atomic E-state index is 0.128. The largest absolute Gasteiger partial charge is 0.113 e. The molecule has 1 aliphatic carbocycles. The van der Waals surface area contributed by atoms with E-state index in [0.29, 0.717) is 0 Å². The number of benzene rings is 2. The van der Waals surface area contributed by atoms with Crippen molar-refractivity contribution >= 4 is 45.8 Å². The summed E-state index contributed by atoms with van der Waals surface area (Å²) >= 11 is 15.1. The van der Waals surface area contributed by atoms with Crippen molar-refractivity contribution in [2.75, 3.05) is 0 Å². The Hall–Kier alpha value is -0.250. The molecule has 1 atom stereocenters. The van der Waals surface area contributed by atoms with Gasteiger partial charge >= 0.3 is 0 Å². The van der Waals surface area contributed by atoms with Crippen LogP contribution in [0.25, 0.3) is 0 Å². The van der Waals surface area contributed by atoms with Gasteiger partial charge in [0.15, 0.2) is 0 Å². The minimum Gasteiger partial charge on any atom is -0.113 e. The van der Waals surface area contributed by atoms with Crippen molar-refractivity contribution in [3.05, 3.63) is 67.2 Å². The van der Waals surface area contributed by atoms with E-state index in [-0.39, 0.29) is 5.38 Å². The van der Waals surface area contributed by atoms with Crippen molar-refractivity contribution in [2.45, 2.75) is 31.1 Å². The minimum atomic E-state index is -0.128. The normalized spacial score (nSPS) is 15.8. The molecular formula is C17H15Cl2I. The van der Waals surface area contributed by atoms with Gasteiger partial charge in [-0.25, -0.2) is 0 Å². The van der Waals surface area contributed by atoms with Crippen LogP contribution in [0.1, 0.15) is 40.5 Å². The Kier molecular flexibility index (Phi) is 4.58. The van der Waals surface area contributed by atoms with E-state index in [1.807, 2.05) is 12.1 Å². The van der Waals surface area contributed by atoms with Crippen molar-refractivity contribution in [3.63, 3.8) is 0 Å². The smallest absolute Gasteiger partial charge is 0.0836 e. The molecule has 2 aromatic carbocycles. The molecule has 0 amide bonds. The van der Waals surface area contributed by atoms with E-state index in [4.69, 9.17) is 23.2 Å². The van der Waals surface area contributed by atoms with E-state index < -0.39 is 0 Å². The van der Waals surface area contributed by atoms with Gasteiger partial charge in [-0.2, -0.15) is 0 Å². The van der Waals surface area contributed by atoms with Gasteiger partial charge in [0, 0.05) is 3.57 Å². The first-order valence-corrected chi connectivity index (χ1v) is 8.75. The second-order valence-corrected chi connectivity index (χ2v) is 7.28. The van der Waals surface area contributed by atoms with Crippen molar-refractivity contribution in [1.82, 2.24) is 0 Å². The average molecular weight is 417 g/mol. The molecule has 1 aliphatic rings. The van der Waals surface area contributed by atoms with Gasteiger partial charge in [-0.15, -0.1) is 11.6 Å². The molecule has 2 aromatic rings. The van der Waals surface area contributed by atoms with E-state index in [2.05, 4.69) is 46.9 Å². The van der Waals surface area contributed by atoms with Crippen molar-refractivity contribution in [3.8, 4) is 0 Å². The summed E-state index contributed by atoms with van der Waals surface area (Å²) in [6.45, 7) is 0. The van der Waals surface area contributed by atoms with Gasteiger partial charge in [-0.3, -0.25) is 0 Å². The molecule has 104 valence electrons. The van der Waals surface area contributed by atoms with E-state index in [1.165, 1.54) is 42.4 Å². The predicted molar refractivity (Wildman–Crippen MR) is 94.9 cm³/mol. The van der Waals surface area contributed by atoms with Gasteiger partial charge in [-0.05, 0) is 82.7 Å². The van der Waals surface area contributed by atoms with E-state index in [1.54, 1.807) is 0 Å². The number of rotatable bonds is 2. The molecule has 0 saturated carbocycles. The van der Waals surface area contributed by atoms with Gasteiger partial charge in [-0.1, -0.05) is 35.9 Å². The quantitative estimate of drug-likeness (QED) is 0.406. The van der Waals surface area contributed by atoms with Gasteiger partial charge < -0.3 is 0 Å². The SMILES string of the molecule is Clc1cc(C(Cl)c2ccc3c(c2)CCCC3)ccc1I. The zero-order chi connectivity index (χ0) is 14.1. The van der Waals surface area contributed by atoms with E-state index in [9.17, 15) is 0 Å². The third-order valence-electron chi connectivity index (χ3n) is 3.90. The monoisotopic (exact) mass is 416 g/mol. The van der Waals surface area contributed by atoms with Gasteiger partial charge in [0.05, 0.1) is 10.4 Å². The molecule has 3 rings (SSSR count). The fraction of sp³-hybridized carbons (Fsp3) is 0.294. The summed E-state index contributed by atoms with van der Waals surface area (Å²) in [4.78, 5) is 0. The van der Waals surface area contributed by atoms with Crippen molar-refractivity contribution in [2.24, 2.45) is 0 Å². The molecular weight excluding hydrogens is 402 g/mol. The molecule has 0 fully saturated rings. The molecule has 0 nitrogen and oxygen atoms in total. The lowest BCUT2D eigenvalue weighted by atomic mass is 9.89. The van der Waals surface area contributed by atoms with E-state index in [0.717, 1.165) is 14.2 Å². The molecule has 0 saturated heterocycles. The summed E-state index contributed by atoms with van der Waals surface area (Å²) < 4.78 is 1.06. The zero-order valence-electron chi connectivity index (χ0n) is 11.0. The maximum Gasteiger partial charge on any atom is 0.0836 e. The van der Waals surface area contributed by atoms with Crippen LogP contribution in [-0.2, 0) is 12.8 Å². The predicted octanol–water partition coefficient (Wildman–Crippen LogP) is 6.15. The molecule has 0 radical (unpaired) electrons. The fourth-order valence-corrected chi connectivity index (χ4v) is 3.57. The van der Waals surface area contributed by atoms with Crippen LogP contribution < -0.4 is 0 Å². The van der Waals surface area contributed by atoms with Crippen LogP contribution in [0.5, 0.6) is 0 Å². The fourth-order valence-electron chi connectivity index (χ4n) is 2.77. The highest BCUT2D eigenvalue weighted by atomic mass is 127. The summed E-state index contributed by atoms with van der Waals surface area (Å²) in [5.74, 6) is 0. The Morgan fingerprint density at radius 2 is 1.55 bits per heavy atom. The third-order valence-corrected chi connectivity index (χ3v) is 5.98. The topological polar surface area (TPSA) is 0 Å². The van der Waals surface area contributed by atoms with Crippen LogP contribution in [0.15, 0.2) is 36.4 Å². The van der Waals surface area contributed by atoms with Crippen molar-refractivity contribution in [1.29, 1.82) is 0 Å². The average Bonchev–Trinajstić information content (AvgIpc) is 2.49. The van der Waals surface area contributed by atoms with Crippen LogP contribution in [-0.4, -0.2) is 0 Å². The lowest BCUT2D eigenvalue weighted by Gasteiger charge is -2.19. The Morgan fingerprint density at radius 3 is 2.30 bits per heavy atom. The lowest BCUT2D eigenvalue weighted by Crippen LogP contribution is -2.04. The van der Waals surface area contributed by atoms with Crippen molar-refractivity contribution < 1.29 is 0 Å². The molecule has 3 heteroatoms. The molecule has 0 heterocycles. The molecule has 0 bridgehead atoms. The Morgan fingerprint density at radius 1 is 0.900 bits per heavy atom. The Balaban J connectivity index is 1.93. The summed E-state index contributed by atoms with van der Waals surface area (Å²) in [5.41, 5.74) is 5.19. The third kappa shape index (κ3) is 3.00.